The fourth-order valence-corrected chi connectivity index (χ4v) is 2.10. The third-order valence-corrected chi connectivity index (χ3v) is 3.25. The van der Waals surface area contributed by atoms with E-state index in [-0.39, 0.29) is 0 Å². The fourth-order valence-electron chi connectivity index (χ4n) is 1.33. The van der Waals surface area contributed by atoms with E-state index in [0.29, 0.717) is 5.56 Å². The zero-order valence-electron chi connectivity index (χ0n) is 8.90. The van der Waals surface area contributed by atoms with Crippen molar-refractivity contribution in [1.29, 1.82) is 5.26 Å². The van der Waals surface area contributed by atoms with Gasteiger partial charge in [-0.1, -0.05) is 19.1 Å². The van der Waals surface area contributed by atoms with E-state index in [9.17, 15) is 0 Å². The van der Waals surface area contributed by atoms with Crippen LogP contribution in [0.15, 0.2) is 30.5 Å². The molecular weight excluding hydrogens is 218 g/mol. The van der Waals surface area contributed by atoms with Crippen LogP contribution < -0.4 is 5.32 Å². The minimum atomic E-state index is 0.635. The van der Waals surface area contributed by atoms with Crippen LogP contribution in [0.4, 0.5) is 10.8 Å². The molecule has 0 radical (unpaired) electrons. The molecule has 0 aliphatic carbocycles. The zero-order chi connectivity index (χ0) is 11.4. The molecule has 80 valence electrons. The monoisotopic (exact) mass is 229 g/mol. The molecule has 2 aromatic rings. The van der Waals surface area contributed by atoms with Crippen LogP contribution in [-0.2, 0) is 6.42 Å². The molecule has 1 heterocycles. The Morgan fingerprint density at radius 1 is 1.44 bits per heavy atom. The van der Waals surface area contributed by atoms with Gasteiger partial charge in [0.25, 0.3) is 0 Å². The van der Waals surface area contributed by atoms with Gasteiger partial charge in [0.2, 0.25) is 0 Å². The Bertz CT molecular complexity index is 525. The molecule has 0 bridgehead atoms. The average molecular weight is 229 g/mol. The van der Waals surface area contributed by atoms with E-state index in [1.165, 1.54) is 4.88 Å². The van der Waals surface area contributed by atoms with E-state index in [1.54, 1.807) is 17.4 Å². The molecule has 4 heteroatoms. The van der Waals surface area contributed by atoms with Gasteiger partial charge < -0.3 is 5.32 Å². The summed E-state index contributed by atoms with van der Waals surface area (Å²) in [5.41, 5.74) is 1.44. The van der Waals surface area contributed by atoms with Crippen LogP contribution >= 0.6 is 11.3 Å². The van der Waals surface area contributed by atoms with E-state index in [2.05, 4.69) is 23.3 Å². The molecule has 0 aliphatic rings. The first-order valence-electron chi connectivity index (χ1n) is 5.04. The van der Waals surface area contributed by atoms with Gasteiger partial charge in [-0.25, -0.2) is 4.98 Å². The minimum Gasteiger partial charge on any atom is -0.330 e. The summed E-state index contributed by atoms with van der Waals surface area (Å²) in [6.45, 7) is 2.10. The van der Waals surface area contributed by atoms with E-state index in [4.69, 9.17) is 5.26 Å². The van der Waals surface area contributed by atoms with Crippen molar-refractivity contribution >= 4 is 22.2 Å². The van der Waals surface area contributed by atoms with E-state index in [1.807, 2.05) is 24.4 Å². The molecule has 0 atom stereocenters. The van der Waals surface area contributed by atoms with Crippen LogP contribution in [0.2, 0.25) is 0 Å². The van der Waals surface area contributed by atoms with E-state index in [0.717, 1.165) is 17.2 Å². The van der Waals surface area contributed by atoms with Gasteiger partial charge in [-0.3, -0.25) is 0 Å². The van der Waals surface area contributed by atoms with Crippen molar-refractivity contribution < 1.29 is 0 Å². The number of nitrogens with zero attached hydrogens (tertiary/aromatic N) is 2. The molecule has 0 amide bonds. The van der Waals surface area contributed by atoms with Crippen LogP contribution in [0.5, 0.6) is 0 Å². The van der Waals surface area contributed by atoms with Gasteiger partial charge in [-0.2, -0.15) is 5.26 Å². The Hall–Kier alpha value is -1.86. The molecule has 1 aromatic carbocycles. The largest absolute Gasteiger partial charge is 0.330 e. The van der Waals surface area contributed by atoms with Crippen LogP contribution in [0.1, 0.15) is 17.4 Å². The summed E-state index contributed by atoms with van der Waals surface area (Å²) in [5.74, 6) is 0. The lowest BCUT2D eigenvalue weighted by Crippen LogP contribution is -1.91. The summed E-state index contributed by atoms with van der Waals surface area (Å²) in [7, 11) is 0. The summed E-state index contributed by atoms with van der Waals surface area (Å²) < 4.78 is 0. The number of thiazole rings is 1. The average Bonchev–Trinajstić information content (AvgIpc) is 2.77. The number of rotatable bonds is 3. The lowest BCUT2D eigenvalue weighted by molar-refractivity contribution is 1.17. The summed E-state index contributed by atoms with van der Waals surface area (Å²) in [4.78, 5) is 5.49. The Kier molecular flexibility index (Phi) is 3.18. The molecular formula is C12H11N3S. The molecule has 3 nitrogen and oxygen atoms in total. The Morgan fingerprint density at radius 3 is 2.94 bits per heavy atom. The van der Waals surface area contributed by atoms with Crippen LogP contribution in [0.25, 0.3) is 0 Å². The summed E-state index contributed by atoms with van der Waals surface area (Å²) in [5, 5.41) is 12.9. The van der Waals surface area contributed by atoms with Crippen molar-refractivity contribution in [1.82, 2.24) is 4.98 Å². The molecule has 16 heavy (non-hydrogen) atoms. The first kappa shape index (κ1) is 10.7. The third kappa shape index (κ3) is 2.20. The second-order valence-corrected chi connectivity index (χ2v) is 4.38. The number of nitrogens with one attached hydrogen (secondary N) is 1. The molecule has 0 aliphatic heterocycles. The van der Waals surface area contributed by atoms with E-state index >= 15 is 0 Å². The van der Waals surface area contributed by atoms with Crippen molar-refractivity contribution in [2.75, 3.05) is 5.32 Å². The molecule has 0 saturated carbocycles. The van der Waals surface area contributed by atoms with Crippen molar-refractivity contribution in [3.8, 4) is 6.07 Å². The van der Waals surface area contributed by atoms with Crippen LogP contribution in [0.3, 0.4) is 0 Å². The molecule has 1 N–H and O–H groups in total. The maximum atomic E-state index is 8.94. The highest BCUT2D eigenvalue weighted by Gasteiger charge is 2.04. The second-order valence-electron chi connectivity index (χ2n) is 3.27. The van der Waals surface area contributed by atoms with Gasteiger partial charge in [0, 0.05) is 11.1 Å². The number of aromatic nitrogens is 1. The normalized spacial score (nSPS) is 9.75. The highest BCUT2D eigenvalue weighted by atomic mass is 32.1. The number of anilines is 2. The van der Waals surface area contributed by atoms with E-state index < -0.39 is 0 Å². The van der Waals surface area contributed by atoms with Gasteiger partial charge in [0.1, 0.15) is 6.07 Å². The summed E-state index contributed by atoms with van der Waals surface area (Å²) >= 11 is 1.62. The van der Waals surface area contributed by atoms with Crippen molar-refractivity contribution in [3.63, 3.8) is 0 Å². The van der Waals surface area contributed by atoms with Gasteiger partial charge in [-0.05, 0) is 18.6 Å². The summed E-state index contributed by atoms with van der Waals surface area (Å²) in [6, 6.07) is 9.57. The van der Waals surface area contributed by atoms with Crippen molar-refractivity contribution in [3.05, 3.63) is 40.9 Å². The Balaban J connectivity index is 2.24. The quantitative estimate of drug-likeness (QED) is 0.878. The molecule has 0 unspecified atom stereocenters. The SMILES string of the molecule is CCc1cnc(Nc2ccccc2C#N)s1. The number of hydrogen-bond donors (Lipinski definition) is 1. The Morgan fingerprint density at radius 2 is 2.25 bits per heavy atom. The third-order valence-electron chi connectivity index (χ3n) is 2.19. The zero-order valence-corrected chi connectivity index (χ0v) is 9.71. The van der Waals surface area contributed by atoms with Crippen LogP contribution in [-0.4, -0.2) is 4.98 Å². The topological polar surface area (TPSA) is 48.7 Å². The van der Waals surface area contributed by atoms with Crippen molar-refractivity contribution in [2.24, 2.45) is 0 Å². The first-order valence-corrected chi connectivity index (χ1v) is 5.86. The number of aryl methyl sites for hydroxylation is 1. The van der Waals surface area contributed by atoms with Crippen molar-refractivity contribution in [2.45, 2.75) is 13.3 Å². The second kappa shape index (κ2) is 4.77. The number of benzene rings is 1. The predicted octanol–water partition coefficient (Wildman–Crippen LogP) is 3.32. The van der Waals surface area contributed by atoms with Gasteiger partial charge in [0.05, 0.1) is 11.3 Å². The summed E-state index contributed by atoms with van der Waals surface area (Å²) in [6.07, 6.45) is 2.85. The Labute approximate surface area is 98.4 Å². The molecule has 0 spiro atoms. The molecule has 2 rings (SSSR count). The lowest BCUT2D eigenvalue weighted by Gasteiger charge is -2.03. The minimum absolute atomic E-state index is 0.635. The smallest absolute Gasteiger partial charge is 0.187 e. The van der Waals surface area contributed by atoms with Crippen LogP contribution in [0, 0.1) is 11.3 Å². The highest BCUT2D eigenvalue weighted by Crippen LogP contribution is 2.24. The van der Waals surface area contributed by atoms with Gasteiger partial charge >= 0.3 is 0 Å². The first-order chi connectivity index (χ1) is 7.83. The number of hydrogen-bond acceptors (Lipinski definition) is 4. The van der Waals surface area contributed by atoms with Gasteiger partial charge in [0.15, 0.2) is 5.13 Å². The van der Waals surface area contributed by atoms with Gasteiger partial charge in [-0.15, -0.1) is 11.3 Å². The predicted molar refractivity (Wildman–Crippen MR) is 65.9 cm³/mol. The standard InChI is InChI=1S/C12H11N3S/c1-2-10-8-14-12(16-10)15-11-6-4-3-5-9(11)7-13/h3-6,8H,2H2,1H3,(H,14,15). The fraction of sp³-hybridized carbons (Fsp3) is 0.167. The maximum absolute atomic E-state index is 8.94. The molecule has 1 aromatic heterocycles. The number of para-hydroxylation sites is 1. The maximum Gasteiger partial charge on any atom is 0.187 e. The molecule has 0 saturated heterocycles. The number of nitriles is 1. The lowest BCUT2D eigenvalue weighted by atomic mass is 10.2. The highest BCUT2D eigenvalue weighted by molar-refractivity contribution is 7.15. The molecule has 0 fully saturated rings.